The number of rotatable bonds is 0. The number of hydrogen-bond donors (Lipinski definition) is 2. The molecule has 2 aromatic carbocycles. The van der Waals surface area contributed by atoms with Crippen LogP contribution >= 0.6 is 0 Å². The zero-order chi connectivity index (χ0) is 12.0. The third-order valence-electron chi connectivity index (χ3n) is 2.85. The molecule has 0 aliphatic carbocycles. The number of anilines is 1. The molecule has 0 saturated heterocycles. The van der Waals surface area contributed by atoms with Gasteiger partial charge in [0.1, 0.15) is 5.82 Å². The zero-order valence-corrected chi connectivity index (χ0v) is 8.83. The molecule has 0 atom stereocenters. The maximum absolute atomic E-state index is 13.5. The lowest BCUT2D eigenvalue weighted by atomic mass is 10.1. The highest BCUT2D eigenvalue weighted by molar-refractivity contribution is 6.05. The van der Waals surface area contributed by atoms with Crippen LogP contribution in [0.15, 0.2) is 41.2 Å². The topological polar surface area (TPSA) is 58.9 Å². The van der Waals surface area contributed by atoms with E-state index in [2.05, 4.69) is 4.98 Å². The zero-order valence-electron chi connectivity index (χ0n) is 8.83. The quantitative estimate of drug-likeness (QED) is 0.458. The molecule has 0 amide bonds. The van der Waals surface area contributed by atoms with Gasteiger partial charge in [-0.3, -0.25) is 4.79 Å². The fourth-order valence-electron chi connectivity index (χ4n) is 2.02. The molecular formula is C13H9FN2O. The van der Waals surface area contributed by atoms with Crippen molar-refractivity contribution in [2.45, 2.75) is 0 Å². The highest BCUT2D eigenvalue weighted by Gasteiger charge is 2.07. The van der Waals surface area contributed by atoms with Gasteiger partial charge >= 0.3 is 0 Å². The molecule has 0 aliphatic rings. The van der Waals surface area contributed by atoms with Crippen molar-refractivity contribution in [1.82, 2.24) is 4.98 Å². The van der Waals surface area contributed by atoms with E-state index >= 15 is 0 Å². The summed E-state index contributed by atoms with van der Waals surface area (Å²) < 4.78 is 13.5. The van der Waals surface area contributed by atoms with Crippen molar-refractivity contribution in [2.24, 2.45) is 0 Å². The van der Waals surface area contributed by atoms with Crippen LogP contribution in [-0.2, 0) is 0 Å². The number of nitrogens with one attached hydrogen (secondary N) is 1. The summed E-state index contributed by atoms with van der Waals surface area (Å²) in [5.41, 5.74) is 5.87. The van der Waals surface area contributed by atoms with E-state index in [0.29, 0.717) is 16.3 Å². The number of halogens is 1. The lowest BCUT2D eigenvalue weighted by molar-refractivity contribution is 0.634. The van der Waals surface area contributed by atoms with Crippen LogP contribution in [0.3, 0.4) is 0 Å². The van der Waals surface area contributed by atoms with Crippen molar-refractivity contribution in [3.05, 3.63) is 52.6 Å². The van der Waals surface area contributed by atoms with Crippen LogP contribution in [0, 0.1) is 5.82 Å². The van der Waals surface area contributed by atoms with Gasteiger partial charge in [0.15, 0.2) is 0 Å². The molecule has 0 spiro atoms. The molecular weight excluding hydrogens is 219 g/mol. The Kier molecular flexibility index (Phi) is 1.92. The molecule has 0 radical (unpaired) electrons. The number of pyridine rings is 1. The first-order valence-electron chi connectivity index (χ1n) is 5.16. The van der Waals surface area contributed by atoms with Crippen molar-refractivity contribution < 1.29 is 4.39 Å². The summed E-state index contributed by atoms with van der Waals surface area (Å²) in [5, 5.41) is 1.93. The van der Waals surface area contributed by atoms with Gasteiger partial charge < -0.3 is 10.7 Å². The minimum atomic E-state index is -0.477. The molecule has 3 N–H and O–H groups in total. The average molecular weight is 228 g/mol. The number of aromatic amines is 1. The van der Waals surface area contributed by atoms with Crippen molar-refractivity contribution in [3.63, 3.8) is 0 Å². The molecule has 84 valence electrons. The Labute approximate surface area is 95.7 Å². The van der Waals surface area contributed by atoms with Gasteiger partial charge in [0.25, 0.3) is 5.56 Å². The molecule has 1 heterocycles. The van der Waals surface area contributed by atoms with Crippen LogP contribution < -0.4 is 11.3 Å². The molecule has 17 heavy (non-hydrogen) atoms. The fraction of sp³-hybridized carbons (Fsp3) is 0. The number of hydrogen-bond acceptors (Lipinski definition) is 2. The van der Waals surface area contributed by atoms with Gasteiger partial charge in [-0.1, -0.05) is 18.2 Å². The van der Waals surface area contributed by atoms with Gasteiger partial charge in [0.2, 0.25) is 0 Å². The number of nitrogens with two attached hydrogens (primary N) is 1. The van der Waals surface area contributed by atoms with Crippen molar-refractivity contribution >= 4 is 27.4 Å². The second kappa shape index (κ2) is 3.31. The molecule has 1 aromatic heterocycles. The minimum absolute atomic E-state index is 0.0310. The van der Waals surface area contributed by atoms with E-state index in [0.717, 1.165) is 5.39 Å². The van der Waals surface area contributed by atoms with E-state index in [1.807, 2.05) is 6.07 Å². The summed E-state index contributed by atoms with van der Waals surface area (Å²) in [4.78, 5) is 14.5. The van der Waals surface area contributed by atoms with E-state index < -0.39 is 5.82 Å². The van der Waals surface area contributed by atoms with E-state index in [4.69, 9.17) is 5.73 Å². The van der Waals surface area contributed by atoms with Crippen LogP contribution in [-0.4, -0.2) is 4.98 Å². The lowest BCUT2D eigenvalue weighted by Gasteiger charge is -2.05. The second-order valence-electron chi connectivity index (χ2n) is 3.92. The molecule has 4 heteroatoms. The predicted octanol–water partition coefficient (Wildman–Crippen LogP) is 2.40. The largest absolute Gasteiger partial charge is 0.396 e. The van der Waals surface area contributed by atoms with Crippen LogP contribution in [0.25, 0.3) is 21.7 Å². The minimum Gasteiger partial charge on any atom is -0.396 e. The third kappa shape index (κ3) is 1.38. The molecule has 3 nitrogen and oxygen atoms in total. The average Bonchev–Trinajstić information content (AvgIpc) is 2.32. The van der Waals surface area contributed by atoms with Crippen LogP contribution in [0.1, 0.15) is 0 Å². The highest BCUT2D eigenvalue weighted by atomic mass is 19.1. The van der Waals surface area contributed by atoms with Crippen LogP contribution in [0.2, 0.25) is 0 Å². The van der Waals surface area contributed by atoms with Gasteiger partial charge in [0, 0.05) is 10.8 Å². The maximum Gasteiger partial charge on any atom is 0.256 e. The van der Waals surface area contributed by atoms with E-state index in [9.17, 15) is 9.18 Å². The SMILES string of the molecule is Nc1cc2[nH]c(=O)c3ccccc3c2cc1F. The molecule has 3 rings (SSSR count). The smallest absolute Gasteiger partial charge is 0.256 e. The highest BCUT2D eigenvalue weighted by Crippen LogP contribution is 2.24. The Morgan fingerprint density at radius 3 is 2.53 bits per heavy atom. The second-order valence-corrected chi connectivity index (χ2v) is 3.92. The summed E-state index contributed by atoms with van der Waals surface area (Å²) in [6, 6.07) is 9.89. The Balaban J connectivity index is 2.64. The Morgan fingerprint density at radius 1 is 1.06 bits per heavy atom. The van der Waals surface area contributed by atoms with Gasteiger partial charge in [-0.05, 0) is 23.6 Å². The number of fused-ring (bicyclic) bond motifs is 3. The number of benzene rings is 2. The molecule has 0 fully saturated rings. The Bertz CT molecular complexity index is 792. The molecule has 0 saturated carbocycles. The number of H-pyrrole nitrogens is 1. The Hall–Kier alpha value is -2.36. The van der Waals surface area contributed by atoms with Gasteiger partial charge in [-0.15, -0.1) is 0 Å². The fourth-order valence-corrected chi connectivity index (χ4v) is 2.02. The van der Waals surface area contributed by atoms with E-state index in [1.165, 1.54) is 12.1 Å². The van der Waals surface area contributed by atoms with Crippen molar-refractivity contribution in [3.8, 4) is 0 Å². The molecule has 0 aliphatic heterocycles. The predicted molar refractivity (Wildman–Crippen MR) is 66.4 cm³/mol. The Morgan fingerprint density at radius 2 is 1.76 bits per heavy atom. The first-order valence-corrected chi connectivity index (χ1v) is 5.16. The van der Waals surface area contributed by atoms with Crippen LogP contribution in [0.4, 0.5) is 10.1 Å². The standard InChI is InChI=1S/C13H9FN2O/c14-10-5-9-7-3-1-2-4-8(7)13(17)16-12(9)6-11(10)15/h1-6H,15H2,(H,16,17). The molecule has 0 bridgehead atoms. The maximum atomic E-state index is 13.5. The first kappa shape index (κ1) is 9.84. The lowest BCUT2D eigenvalue weighted by Crippen LogP contribution is -2.06. The van der Waals surface area contributed by atoms with E-state index in [1.54, 1.807) is 18.2 Å². The van der Waals surface area contributed by atoms with Crippen LogP contribution in [0.5, 0.6) is 0 Å². The monoisotopic (exact) mass is 228 g/mol. The van der Waals surface area contributed by atoms with Gasteiger partial charge in [0.05, 0.1) is 11.2 Å². The third-order valence-corrected chi connectivity index (χ3v) is 2.85. The number of nitrogen functional groups attached to an aromatic ring is 1. The molecule has 3 aromatic rings. The van der Waals surface area contributed by atoms with E-state index in [-0.39, 0.29) is 11.2 Å². The summed E-state index contributed by atoms with van der Waals surface area (Å²) in [7, 11) is 0. The van der Waals surface area contributed by atoms with Gasteiger partial charge in [-0.2, -0.15) is 0 Å². The molecule has 0 unspecified atom stereocenters. The summed E-state index contributed by atoms with van der Waals surface area (Å²) in [6.45, 7) is 0. The van der Waals surface area contributed by atoms with Gasteiger partial charge in [-0.25, -0.2) is 4.39 Å². The van der Waals surface area contributed by atoms with Crippen molar-refractivity contribution in [1.29, 1.82) is 0 Å². The summed E-state index contributed by atoms with van der Waals surface area (Å²) in [6.07, 6.45) is 0. The first-order chi connectivity index (χ1) is 8.16. The van der Waals surface area contributed by atoms with Crippen molar-refractivity contribution in [2.75, 3.05) is 5.73 Å². The summed E-state index contributed by atoms with van der Waals surface area (Å²) >= 11 is 0. The number of aromatic nitrogens is 1. The summed E-state index contributed by atoms with van der Waals surface area (Å²) in [5.74, 6) is -0.477. The normalized spacial score (nSPS) is 11.1.